The third-order valence-electron chi connectivity index (χ3n) is 3.96. The third-order valence-corrected chi connectivity index (χ3v) is 5.04. The van der Waals surface area contributed by atoms with Crippen LogP contribution in [0.2, 0.25) is 0 Å². The van der Waals surface area contributed by atoms with Crippen LogP contribution in [-0.4, -0.2) is 35.8 Å². The molecule has 3 rings (SSSR count). The number of non-ortho nitro benzene ring substituents is 1. The molecule has 148 valence electrons. The van der Waals surface area contributed by atoms with Crippen LogP contribution in [-0.2, 0) is 11.3 Å². The highest BCUT2D eigenvalue weighted by Gasteiger charge is 2.21. The van der Waals surface area contributed by atoms with Gasteiger partial charge in [-0.2, -0.15) is 0 Å². The second-order valence-electron chi connectivity index (χ2n) is 5.99. The molecule has 1 amide bonds. The Morgan fingerprint density at radius 3 is 2.59 bits per heavy atom. The predicted molar refractivity (Wildman–Crippen MR) is 110 cm³/mol. The van der Waals surface area contributed by atoms with Gasteiger partial charge < -0.3 is 5.32 Å². The maximum Gasteiger partial charge on any atom is 0.269 e. The Balaban J connectivity index is 1.73. The molecule has 0 bridgehead atoms. The summed E-state index contributed by atoms with van der Waals surface area (Å²) in [5.41, 5.74) is 1.31. The summed E-state index contributed by atoms with van der Waals surface area (Å²) in [5.74, 6) is 0.417. The molecule has 9 nitrogen and oxygen atoms in total. The Labute approximate surface area is 171 Å². The fraction of sp³-hybridized carbons (Fsp3) is 0.158. The molecule has 29 heavy (non-hydrogen) atoms. The number of nitro groups is 1. The molecule has 0 aliphatic heterocycles. The van der Waals surface area contributed by atoms with Crippen LogP contribution in [0.4, 0.5) is 11.4 Å². The van der Waals surface area contributed by atoms with Crippen molar-refractivity contribution >= 4 is 29.0 Å². The number of nitrogens with one attached hydrogen (secondary N) is 1. The van der Waals surface area contributed by atoms with E-state index in [1.54, 1.807) is 25.4 Å². The van der Waals surface area contributed by atoms with E-state index in [2.05, 4.69) is 27.1 Å². The molecule has 3 aromatic rings. The minimum absolute atomic E-state index is 0.0356. The van der Waals surface area contributed by atoms with Crippen LogP contribution in [0.25, 0.3) is 11.4 Å². The topological polar surface area (TPSA) is 116 Å². The van der Waals surface area contributed by atoms with Crippen LogP contribution >= 0.6 is 11.8 Å². The van der Waals surface area contributed by atoms with Gasteiger partial charge in [-0.3, -0.25) is 24.5 Å². The van der Waals surface area contributed by atoms with E-state index in [0.29, 0.717) is 23.2 Å². The molecular formula is C19H18N6O3S. The number of carbonyl (C=O) groups excluding carboxylic acids is 1. The number of aromatic nitrogens is 4. The molecule has 2 aromatic heterocycles. The summed E-state index contributed by atoms with van der Waals surface area (Å²) in [6.45, 7) is 6.02. The standard InChI is InChI=1S/C19H18N6O3S/c1-3-12-24-17(14-8-10-20-11-9-14)22-23-19(24)29-13(2)18(26)21-15-4-6-16(7-5-15)25(27)28/h3-11,13H,1,12H2,2H3,(H,21,26). The molecule has 2 heterocycles. The van der Waals surface area contributed by atoms with Crippen LogP contribution in [0.15, 0.2) is 66.6 Å². The van der Waals surface area contributed by atoms with Crippen molar-refractivity contribution in [2.24, 2.45) is 0 Å². The molecule has 1 unspecified atom stereocenters. The van der Waals surface area contributed by atoms with Crippen molar-refractivity contribution in [1.29, 1.82) is 0 Å². The molecule has 0 fully saturated rings. The van der Waals surface area contributed by atoms with Crippen LogP contribution in [0, 0.1) is 10.1 Å². The average Bonchev–Trinajstić information content (AvgIpc) is 3.11. The van der Waals surface area contributed by atoms with Gasteiger partial charge in [0, 0.05) is 42.3 Å². The lowest BCUT2D eigenvalue weighted by Crippen LogP contribution is -2.23. The van der Waals surface area contributed by atoms with Crippen molar-refractivity contribution in [3.63, 3.8) is 0 Å². The Morgan fingerprint density at radius 2 is 1.97 bits per heavy atom. The zero-order valence-corrected chi connectivity index (χ0v) is 16.4. The van der Waals surface area contributed by atoms with Gasteiger partial charge in [-0.15, -0.1) is 16.8 Å². The maximum atomic E-state index is 12.5. The van der Waals surface area contributed by atoms with Crippen LogP contribution in [0.1, 0.15) is 6.92 Å². The number of thioether (sulfide) groups is 1. The van der Waals surface area contributed by atoms with Crippen LogP contribution in [0.3, 0.4) is 0 Å². The molecule has 1 N–H and O–H groups in total. The first-order valence-corrected chi connectivity index (χ1v) is 9.54. The molecule has 0 saturated carbocycles. The van der Waals surface area contributed by atoms with E-state index in [1.807, 2.05) is 16.7 Å². The first-order valence-electron chi connectivity index (χ1n) is 8.66. The lowest BCUT2D eigenvalue weighted by Gasteiger charge is -2.13. The highest BCUT2D eigenvalue weighted by Crippen LogP contribution is 2.27. The van der Waals surface area contributed by atoms with Gasteiger partial charge in [-0.05, 0) is 31.2 Å². The number of hydrogen-bond acceptors (Lipinski definition) is 7. The van der Waals surface area contributed by atoms with E-state index in [-0.39, 0.29) is 11.6 Å². The molecule has 0 aliphatic rings. The lowest BCUT2D eigenvalue weighted by molar-refractivity contribution is -0.384. The van der Waals surface area contributed by atoms with Crippen molar-refractivity contribution < 1.29 is 9.72 Å². The number of rotatable bonds is 8. The number of carbonyl (C=O) groups is 1. The minimum Gasteiger partial charge on any atom is -0.325 e. The van der Waals surface area contributed by atoms with Gasteiger partial charge in [0.05, 0.1) is 10.2 Å². The molecule has 1 aromatic carbocycles. The minimum atomic E-state index is -0.489. The molecule has 0 aliphatic carbocycles. The van der Waals surface area contributed by atoms with Crippen molar-refractivity contribution in [3.8, 4) is 11.4 Å². The van der Waals surface area contributed by atoms with E-state index in [0.717, 1.165) is 5.56 Å². The van der Waals surface area contributed by atoms with Gasteiger partial charge in [-0.1, -0.05) is 17.8 Å². The smallest absolute Gasteiger partial charge is 0.269 e. The quantitative estimate of drug-likeness (QED) is 0.261. The van der Waals surface area contributed by atoms with Crippen molar-refractivity contribution in [2.75, 3.05) is 5.32 Å². The number of pyridine rings is 1. The van der Waals surface area contributed by atoms with E-state index in [9.17, 15) is 14.9 Å². The van der Waals surface area contributed by atoms with Crippen molar-refractivity contribution in [3.05, 3.63) is 71.6 Å². The fourth-order valence-corrected chi connectivity index (χ4v) is 3.36. The predicted octanol–water partition coefficient (Wildman–Crippen LogP) is 3.55. The first kappa shape index (κ1) is 20.2. The van der Waals surface area contributed by atoms with Gasteiger partial charge >= 0.3 is 0 Å². The SMILES string of the molecule is C=CCn1c(SC(C)C(=O)Nc2ccc([N+](=O)[O-])cc2)nnc1-c1ccncc1. The summed E-state index contributed by atoms with van der Waals surface area (Å²) in [5, 5.41) is 22.1. The summed E-state index contributed by atoms with van der Waals surface area (Å²) in [6.07, 6.45) is 5.09. The first-order chi connectivity index (χ1) is 14.0. The van der Waals surface area contributed by atoms with E-state index in [4.69, 9.17) is 0 Å². The zero-order valence-electron chi connectivity index (χ0n) is 15.6. The number of nitrogens with zero attached hydrogens (tertiary/aromatic N) is 5. The number of anilines is 1. The largest absolute Gasteiger partial charge is 0.325 e. The molecule has 0 spiro atoms. The number of amides is 1. The second kappa shape index (κ2) is 9.11. The molecular weight excluding hydrogens is 392 g/mol. The van der Waals surface area contributed by atoms with E-state index in [1.165, 1.54) is 36.0 Å². The molecule has 0 saturated heterocycles. The number of allylic oxidation sites excluding steroid dienone is 1. The third kappa shape index (κ3) is 4.85. The van der Waals surface area contributed by atoms with Gasteiger partial charge in [0.15, 0.2) is 11.0 Å². The maximum absolute atomic E-state index is 12.5. The summed E-state index contributed by atoms with van der Waals surface area (Å²) in [7, 11) is 0. The fourth-order valence-electron chi connectivity index (χ4n) is 2.51. The summed E-state index contributed by atoms with van der Waals surface area (Å²) < 4.78 is 1.88. The zero-order chi connectivity index (χ0) is 20.8. The normalized spacial score (nSPS) is 11.6. The molecule has 10 heteroatoms. The van der Waals surface area contributed by atoms with Gasteiger partial charge in [0.25, 0.3) is 5.69 Å². The number of benzene rings is 1. The van der Waals surface area contributed by atoms with E-state index >= 15 is 0 Å². The number of hydrogen-bond donors (Lipinski definition) is 1. The molecule has 1 atom stereocenters. The Morgan fingerprint density at radius 1 is 1.28 bits per heavy atom. The lowest BCUT2D eigenvalue weighted by atomic mass is 10.2. The van der Waals surface area contributed by atoms with Gasteiger partial charge in [-0.25, -0.2) is 0 Å². The van der Waals surface area contributed by atoms with Crippen molar-refractivity contribution in [1.82, 2.24) is 19.7 Å². The number of nitro benzene ring substituents is 1. The highest BCUT2D eigenvalue weighted by molar-refractivity contribution is 8.00. The Kier molecular flexibility index (Phi) is 6.35. The highest BCUT2D eigenvalue weighted by atomic mass is 32.2. The Bertz CT molecular complexity index is 1020. The monoisotopic (exact) mass is 410 g/mol. The summed E-state index contributed by atoms with van der Waals surface area (Å²) >= 11 is 1.27. The Hall–Kier alpha value is -3.53. The van der Waals surface area contributed by atoms with Gasteiger partial charge in [0.1, 0.15) is 0 Å². The summed E-state index contributed by atoms with van der Waals surface area (Å²) in [6, 6.07) is 9.35. The van der Waals surface area contributed by atoms with Crippen molar-refractivity contribution in [2.45, 2.75) is 23.9 Å². The second-order valence-corrected chi connectivity index (χ2v) is 7.30. The summed E-state index contributed by atoms with van der Waals surface area (Å²) in [4.78, 5) is 26.8. The van der Waals surface area contributed by atoms with Crippen LogP contribution < -0.4 is 5.32 Å². The van der Waals surface area contributed by atoms with E-state index < -0.39 is 10.2 Å². The van der Waals surface area contributed by atoms with Gasteiger partial charge in [0.2, 0.25) is 5.91 Å². The average molecular weight is 410 g/mol. The van der Waals surface area contributed by atoms with Crippen LogP contribution in [0.5, 0.6) is 0 Å². The molecule has 0 radical (unpaired) electrons.